The minimum atomic E-state index is -3.87. The lowest BCUT2D eigenvalue weighted by atomic mass is 10.0. The topological polar surface area (TPSA) is 101 Å². The van der Waals surface area contributed by atoms with Crippen LogP contribution in [0.1, 0.15) is 27.2 Å². The highest BCUT2D eigenvalue weighted by molar-refractivity contribution is 7.92. The van der Waals surface area contributed by atoms with Gasteiger partial charge in [0.15, 0.2) is 9.84 Å². The number of hydrogen-bond donors (Lipinski definition) is 2. The van der Waals surface area contributed by atoms with Crippen molar-refractivity contribution in [2.45, 2.75) is 32.7 Å². The maximum Gasteiger partial charge on any atom is 0.318 e. The van der Waals surface area contributed by atoms with Gasteiger partial charge < -0.3 is 10.4 Å². The highest BCUT2D eigenvalue weighted by Gasteiger charge is 2.24. The molecule has 0 saturated carbocycles. The summed E-state index contributed by atoms with van der Waals surface area (Å²) in [5.41, 5.74) is -0.490. The Hall–Kier alpha value is -1.11. The second kappa shape index (κ2) is 5.29. The number of carbonyl (C=O) groups is 2. The first kappa shape index (κ1) is 14.9. The van der Waals surface area contributed by atoms with Crippen molar-refractivity contribution in [3.8, 4) is 0 Å². The van der Waals surface area contributed by atoms with Crippen LogP contribution in [0.2, 0.25) is 0 Å². The van der Waals surface area contributed by atoms with Crippen molar-refractivity contribution in [2.24, 2.45) is 0 Å². The van der Waals surface area contributed by atoms with Gasteiger partial charge in [0.2, 0.25) is 5.91 Å². The van der Waals surface area contributed by atoms with Crippen LogP contribution in [0.25, 0.3) is 0 Å². The highest BCUT2D eigenvalue weighted by atomic mass is 32.2. The zero-order valence-corrected chi connectivity index (χ0v) is 10.4. The largest absolute Gasteiger partial charge is 0.480 e. The van der Waals surface area contributed by atoms with Crippen molar-refractivity contribution in [3.05, 3.63) is 0 Å². The Labute approximate surface area is 95.0 Å². The van der Waals surface area contributed by atoms with Gasteiger partial charge in [0.05, 0.1) is 0 Å². The number of carboxylic acids is 1. The third-order valence-corrected chi connectivity index (χ3v) is 3.44. The van der Waals surface area contributed by atoms with Gasteiger partial charge in [-0.2, -0.15) is 0 Å². The number of carboxylic acid groups (broad SMARTS) is 1. The minimum Gasteiger partial charge on any atom is -0.480 e. The van der Waals surface area contributed by atoms with Crippen molar-refractivity contribution in [1.82, 2.24) is 5.32 Å². The average Bonchev–Trinajstić information content (AvgIpc) is 1.98. The molecule has 0 heterocycles. The molecule has 94 valence electrons. The molecule has 16 heavy (non-hydrogen) atoms. The van der Waals surface area contributed by atoms with Gasteiger partial charge in [-0.25, -0.2) is 8.42 Å². The predicted octanol–water partition coefficient (Wildman–Crippen LogP) is -0.209. The van der Waals surface area contributed by atoms with Crippen LogP contribution in [0.15, 0.2) is 0 Å². The number of amides is 1. The number of rotatable bonds is 6. The monoisotopic (exact) mass is 251 g/mol. The molecule has 0 unspecified atom stereocenters. The summed E-state index contributed by atoms with van der Waals surface area (Å²) in [6.07, 6.45) is 0.651. The Morgan fingerprint density at radius 1 is 1.25 bits per heavy atom. The summed E-state index contributed by atoms with van der Waals surface area (Å²) in [7, 11) is -3.87. The Morgan fingerprint density at radius 3 is 2.12 bits per heavy atom. The van der Waals surface area contributed by atoms with Crippen LogP contribution < -0.4 is 5.32 Å². The molecule has 0 aromatic rings. The van der Waals surface area contributed by atoms with E-state index in [1.165, 1.54) is 0 Å². The molecule has 0 aliphatic heterocycles. The van der Waals surface area contributed by atoms with Gasteiger partial charge >= 0.3 is 5.97 Å². The zero-order chi connectivity index (χ0) is 13.0. The first-order valence-corrected chi connectivity index (χ1v) is 6.63. The molecule has 0 fully saturated rings. The van der Waals surface area contributed by atoms with Crippen LogP contribution in [0.3, 0.4) is 0 Å². The molecular formula is C9H17NO5S. The summed E-state index contributed by atoms with van der Waals surface area (Å²) in [6.45, 7) is 5.37. The summed E-state index contributed by atoms with van der Waals surface area (Å²) >= 11 is 0. The normalized spacial score (nSPS) is 12.2. The van der Waals surface area contributed by atoms with Gasteiger partial charge in [0.1, 0.15) is 11.5 Å². The highest BCUT2D eigenvalue weighted by Crippen LogP contribution is 2.06. The molecule has 1 amide bonds. The van der Waals surface area contributed by atoms with Crippen LogP contribution in [0.5, 0.6) is 0 Å². The van der Waals surface area contributed by atoms with E-state index >= 15 is 0 Å². The Morgan fingerprint density at radius 2 is 1.75 bits per heavy atom. The molecule has 0 bridgehead atoms. The Kier molecular flexibility index (Phi) is 4.92. The van der Waals surface area contributed by atoms with Crippen LogP contribution in [-0.4, -0.2) is 42.4 Å². The van der Waals surface area contributed by atoms with E-state index in [9.17, 15) is 18.0 Å². The molecule has 2 N–H and O–H groups in total. The van der Waals surface area contributed by atoms with E-state index in [1.54, 1.807) is 13.8 Å². The predicted molar refractivity (Wildman–Crippen MR) is 58.8 cm³/mol. The van der Waals surface area contributed by atoms with E-state index in [1.807, 2.05) is 6.92 Å². The maximum atomic E-state index is 11.3. The summed E-state index contributed by atoms with van der Waals surface area (Å²) < 4.78 is 22.4. The first-order chi connectivity index (χ1) is 7.08. The van der Waals surface area contributed by atoms with Crippen molar-refractivity contribution in [3.63, 3.8) is 0 Å². The van der Waals surface area contributed by atoms with E-state index in [4.69, 9.17) is 5.11 Å². The van der Waals surface area contributed by atoms with Crippen molar-refractivity contribution >= 4 is 21.7 Å². The number of nitrogens with one attached hydrogen (secondary N) is 1. The fraction of sp³-hybridized carbons (Fsp3) is 0.778. The molecule has 7 heteroatoms. The van der Waals surface area contributed by atoms with Crippen molar-refractivity contribution in [2.75, 3.05) is 11.5 Å². The Bertz CT molecular complexity index is 371. The molecule has 6 nitrogen and oxygen atoms in total. The lowest BCUT2D eigenvalue weighted by Crippen LogP contribution is -2.45. The third kappa shape index (κ3) is 6.39. The molecule has 0 spiro atoms. The smallest absolute Gasteiger partial charge is 0.318 e. The van der Waals surface area contributed by atoms with Crippen LogP contribution in [0, 0.1) is 0 Å². The second-order valence-corrected chi connectivity index (χ2v) is 6.28. The zero-order valence-electron chi connectivity index (χ0n) is 9.61. The molecule has 0 rings (SSSR count). The number of aliphatic carboxylic acids is 1. The summed E-state index contributed by atoms with van der Waals surface area (Å²) in [6, 6.07) is 0. The fourth-order valence-electron chi connectivity index (χ4n) is 0.941. The van der Waals surface area contributed by atoms with E-state index in [0.717, 1.165) is 0 Å². The maximum absolute atomic E-state index is 11.3. The van der Waals surface area contributed by atoms with Gasteiger partial charge in [0.25, 0.3) is 0 Å². The van der Waals surface area contributed by atoms with E-state index < -0.39 is 38.8 Å². The molecule has 0 atom stereocenters. The third-order valence-electron chi connectivity index (χ3n) is 2.06. The summed E-state index contributed by atoms with van der Waals surface area (Å²) in [4.78, 5) is 21.6. The quantitative estimate of drug-likeness (QED) is 0.680. The van der Waals surface area contributed by atoms with Gasteiger partial charge in [-0.1, -0.05) is 6.92 Å². The number of sulfone groups is 1. The van der Waals surface area contributed by atoms with Gasteiger partial charge in [-0.15, -0.1) is 0 Å². The molecule has 0 aliphatic carbocycles. The number of carbonyl (C=O) groups excluding carboxylic acids is 1. The lowest BCUT2D eigenvalue weighted by Gasteiger charge is -2.24. The molecule has 0 aliphatic rings. The SMILES string of the molecule is CCC(C)(C)NC(=O)CS(=O)(=O)CC(=O)O. The van der Waals surface area contributed by atoms with E-state index in [0.29, 0.717) is 6.42 Å². The molecule has 0 saturated heterocycles. The fourth-order valence-corrected chi connectivity index (χ4v) is 1.89. The first-order valence-electron chi connectivity index (χ1n) is 4.81. The van der Waals surface area contributed by atoms with Crippen molar-refractivity contribution < 1.29 is 23.1 Å². The van der Waals surface area contributed by atoms with Gasteiger partial charge in [-0.05, 0) is 20.3 Å². The van der Waals surface area contributed by atoms with Gasteiger partial charge in [-0.3, -0.25) is 9.59 Å². The Balaban J connectivity index is 4.42. The standard InChI is InChI=1S/C9H17NO5S/c1-4-9(2,3)10-7(11)5-16(14,15)6-8(12)13/h4-6H2,1-3H3,(H,10,11)(H,12,13). The average molecular weight is 251 g/mol. The second-order valence-electron chi connectivity index (χ2n) is 4.21. The summed E-state index contributed by atoms with van der Waals surface area (Å²) in [5, 5.41) is 10.9. The minimum absolute atomic E-state index is 0.490. The lowest BCUT2D eigenvalue weighted by molar-refractivity contribution is -0.134. The van der Waals surface area contributed by atoms with Crippen LogP contribution in [0.4, 0.5) is 0 Å². The molecule has 0 aromatic carbocycles. The molecule has 0 radical (unpaired) electrons. The number of hydrogen-bond acceptors (Lipinski definition) is 4. The molecular weight excluding hydrogens is 234 g/mol. The molecule has 0 aromatic heterocycles. The van der Waals surface area contributed by atoms with Crippen molar-refractivity contribution in [1.29, 1.82) is 0 Å². The summed E-state index contributed by atoms with van der Waals surface area (Å²) in [5.74, 6) is -3.94. The van der Waals surface area contributed by atoms with Crippen LogP contribution in [-0.2, 0) is 19.4 Å². The van der Waals surface area contributed by atoms with E-state index in [-0.39, 0.29) is 0 Å². The van der Waals surface area contributed by atoms with E-state index in [2.05, 4.69) is 5.32 Å². The van der Waals surface area contributed by atoms with Gasteiger partial charge in [0, 0.05) is 5.54 Å². The van der Waals surface area contributed by atoms with Crippen LogP contribution >= 0.6 is 0 Å².